The van der Waals surface area contributed by atoms with Crippen LogP contribution in [0.15, 0.2) is 60.8 Å². The summed E-state index contributed by atoms with van der Waals surface area (Å²) in [7, 11) is 8.43. The summed E-state index contributed by atoms with van der Waals surface area (Å²) in [4.78, 5) is 0. The number of allylic oxidation sites excluding steroid dienone is 8. The van der Waals surface area contributed by atoms with E-state index in [-0.39, 0.29) is 18.3 Å². The van der Waals surface area contributed by atoms with Gasteiger partial charge in [-0.3, -0.25) is 0 Å². The molecule has 0 aliphatic rings. The molecule has 0 bridgehead atoms. The van der Waals surface area contributed by atoms with Crippen LogP contribution < -0.4 is 0 Å². The third-order valence-corrected chi connectivity index (χ3v) is 5.84. The Balaban J connectivity index is 4.30. The van der Waals surface area contributed by atoms with E-state index in [0.717, 1.165) is 32.1 Å². The fourth-order valence-corrected chi connectivity index (χ4v) is 4.36. The van der Waals surface area contributed by atoms with Gasteiger partial charge in [0.05, 0.1) is 12.2 Å². The lowest BCUT2D eigenvalue weighted by Gasteiger charge is -2.22. The average molecular weight is 480 g/mol. The molecule has 0 aromatic heterocycles. The van der Waals surface area contributed by atoms with Crippen LogP contribution in [0.1, 0.15) is 46.0 Å². The standard InChI is InChI=1S/C20H37O3P5/c1-3-5-16-19(21-24)20(23-28-26)17-14-12-10-8-6-7-9-11-13-15-18(4-2)22-27-25/h6,8-15,17-20,27-28H,3-5,7,16,24-26H2,1-2H3/b8-6-,11-9-,12-10+,15-13+,17-14+. The van der Waals surface area contributed by atoms with Crippen LogP contribution in [0.4, 0.5) is 0 Å². The van der Waals surface area contributed by atoms with Crippen molar-refractivity contribution in [2.24, 2.45) is 0 Å². The van der Waals surface area contributed by atoms with Crippen LogP contribution >= 0.6 is 44.3 Å². The molecule has 0 fully saturated rings. The summed E-state index contributed by atoms with van der Waals surface area (Å²) in [6, 6.07) is 0. The second kappa shape index (κ2) is 22.4. The first-order chi connectivity index (χ1) is 13.7. The van der Waals surface area contributed by atoms with Gasteiger partial charge in [0, 0.05) is 26.5 Å². The zero-order chi connectivity index (χ0) is 20.9. The van der Waals surface area contributed by atoms with Crippen LogP contribution in [-0.4, -0.2) is 18.3 Å². The van der Waals surface area contributed by atoms with Crippen molar-refractivity contribution in [2.75, 3.05) is 0 Å². The van der Waals surface area contributed by atoms with Gasteiger partial charge in [0.2, 0.25) is 0 Å². The molecule has 0 aromatic carbocycles. The molecule has 0 aromatic rings. The topological polar surface area (TPSA) is 27.7 Å². The molecule has 0 aliphatic heterocycles. The van der Waals surface area contributed by atoms with Gasteiger partial charge in [-0.25, -0.2) is 0 Å². The summed E-state index contributed by atoms with van der Waals surface area (Å²) < 4.78 is 16.9. The molecule has 3 nitrogen and oxygen atoms in total. The molecular weight excluding hydrogens is 443 g/mol. The van der Waals surface area contributed by atoms with Crippen molar-refractivity contribution in [1.29, 1.82) is 0 Å². The van der Waals surface area contributed by atoms with Crippen LogP contribution in [0, 0.1) is 0 Å². The molecule has 0 N–H and O–H groups in total. The monoisotopic (exact) mass is 480 g/mol. The predicted molar refractivity (Wildman–Crippen MR) is 141 cm³/mol. The van der Waals surface area contributed by atoms with E-state index in [0.29, 0.717) is 17.0 Å². The first kappa shape index (κ1) is 28.7. The second-order valence-corrected chi connectivity index (χ2v) is 8.58. The van der Waals surface area contributed by atoms with Gasteiger partial charge in [-0.1, -0.05) is 105 Å². The summed E-state index contributed by atoms with van der Waals surface area (Å²) in [6.07, 6.45) is 26.1. The Morgan fingerprint density at radius 2 is 1.50 bits per heavy atom. The Morgan fingerprint density at radius 1 is 0.857 bits per heavy atom. The lowest BCUT2D eigenvalue weighted by atomic mass is 10.1. The summed E-state index contributed by atoms with van der Waals surface area (Å²) in [5.74, 6) is 0. The smallest absolute Gasteiger partial charge is 0.107 e. The number of hydrogen-bond donors (Lipinski definition) is 0. The van der Waals surface area contributed by atoms with E-state index >= 15 is 0 Å². The van der Waals surface area contributed by atoms with Crippen LogP contribution in [0.5, 0.6) is 0 Å². The highest BCUT2D eigenvalue weighted by Crippen LogP contribution is 2.28. The minimum absolute atomic E-state index is 0.0222. The Labute approximate surface area is 182 Å². The molecule has 8 heteroatoms. The maximum atomic E-state index is 5.80. The van der Waals surface area contributed by atoms with Crippen LogP contribution in [0.3, 0.4) is 0 Å². The second-order valence-electron chi connectivity index (χ2n) is 5.95. The lowest BCUT2D eigenvalue weighted by molar-refractivity contribution is 0.104. The highest BCUT2D eigenvalue weighted by atomic mass is 32.0. The first-order valence-electron chi connectivity index (χ1n) is 9.64. The molecule has 0 aliphatic carbocycles. The van der Waals surface area contributed by atoms with Crippen LogP contribution in [0.2, 0.25) is 0 Å². The highest BCUT2D eigenvalue weighted by molar-refractivity contribution is 8.00. The van der Waals surface area contributed by atoms with E-state index < -0.39 is 0 Å². The van der Waals surface area contributed by atoms with E-state index in [2.05, 4.69) is 83.7 Å². The third kappa shape index (κ3) is 16.5. The maximum Gasteiger partial charge on any atom is 0.107 e. The molecule has 8 unspecified atom stereocenters. The van der Waals surface area contributed by atoms with Crippen molar-refractivity contribution in [2.45, 2.75) is 64.3 Å². The molecule has 0 amide bonds. The van der Waals surface area contributed by atoms with E-state index in [4.69, 9.17) is 13.6 Å². The molecule has 0 spiro atoms. The van der Waals surface area contributed by atoms with Gasteiger partial charge in [-0.2, -0.15) is 0 Å². The molecule has 28 heavy (non-hydrogen) atoms. The maximum absolute atomic E-state index is 5.80. The summed E-state index contributed by atoms with van der Waals surface area (Å²) in [6.45, 7) is 4.31. The summed E-state index contributed by atoms with van der Waals surface area (Å²) in [5.41, 5.74) is 0. The van der Waals surface area contributed by atoms with E-state index in [1.807, 2.05) is 18.2 Å². The third-order valence-electron chi connectivity index (χ3n) is 3.82. The molecule has 160 valence electrons. The van der Waals surface area contributed by atoms with E-state index in [1.165, 1.54) is 0 Å². The fourth-order valence-electron chi connectivity index (χ4n) is 2.26. The number of hydrogen-bond acceptors (Lipinski definition) is 3. The van der Waals surface area contributed by atoms with Crippen molar-refractivity contribution in [3.8, 4) is 0 Å². The molecule has 0 rings (SSSR count). The van der Waals surface area contributed by atoms with Crippen LogP contribution in [0.25, 0.3) is 0 Å². The zero-order valence-electron chi connectivity index (χ0n) is 17.0. The summed E-state index contributed by atoms with van der Waals surface area (Å²) in [5, 5.41) is 0. The molecule has 0 saturated carbocycles. The van der Waals surface area contributed by atoms with Gasteiger partial charge in [0.25, 0.3) is 0 Å². The zero-order valence-corrected chi connectivity index (χ0v) is 22.5. The first-order valence-corrected chi connectivity index (χ1v) is 15.5. The lowest BCUT2D eigenvalue weighted by Crippen LogP contribution is -2.25. The predicted octanol–water partition coefficient (Wildman–Crippen LogP) is 7.47. The molecule has 8 atom stereocenters. The SMILES string of the molecule is CCCCC(OP)C(/C=C/C=C/C=C\C/C=C\C=C\C(CC)OPP)OPP. The highest BCUT2D eigenvalue weighted by Gasteiger charge is 2.18. The van der Waals surface area contributed by atoms with Crippen molar-refractivity contribution < 1.29 is 13.6 Å². The average Bonchev–Trinajstić information content (AvgIpc) is 2.71. The Kier molecular flexibility index (Phi) is 23.0. The van der Waals surface area contributed by atoms with Gasteiger partial charge in [0.1, 0.15) is 6.10 Å². The minimum Gasteiger partial charge on any atom is -0.359 e. The van der Waals surface area contributed by atoms with Crippen LogP contribution in [-0.2, 0) is 13.6 Å². The fraction of sp³-hybridized carbons (Fsp3) is 0.500. The van der Waals surface area contributed by atoms with Gasteiger partial charge >= 0.3 is 0 Å². The van der Waals surface area contributed by atoms with Crippen molar-refractivity contribution in [1.82, 2.24) is 0 Å². The van der Waals surface area contributed by atoms with Gasteiger partial charge in [0.15, 0.2) is 0 Å². The molecular formula is C20H37O3P5. The normalized spacial score (nSPS) is 17.2. The van der Waals surface area contributed by atoms with Crippen molar-refractivity contribution >= 4 is 44.3 Å². The molecule has 0 heterocycles. The quantitative estimate of drug-likeness (QED) is 0.160. The van der Waals surface area contributed by atoms with Gasteiger partial charge in [-0.05, 0) is 19.3 Å². The Hall–Kier alpha value is 0.730. The molecule has 0 saturated heterocycles. The molecule has 0 radical (unpaired) electrons. The van der Waals surface area contributed by atoms with Crippen molar-refractivity contribution in [3.63, 3.8) is 0 Å². The number of rotatable bonds is 17. The van der Waals surface area contributed by atoms with E-state index in [9.17, 15) is 0 Å². The van der Waals surface area contributed by atoms with E-state index in [1.54, 1.807) is 0 Å². The largest absolute Gasteiger partial charge is 0.359 e. The minimum atomic E-state index is -0.0222. The number of unbranched alkanes of at least 4 members (excludes halogenated alkanes) is 1. The van der Waals surface area contributed by atoms with Gasteiger partial charge < -0.3 is 13.6 Å². The Morgan fingerprint density at radius 3 is 2.11 bits per heavy atom. The Bertz CT molecular complexity index is 492. The van der Waals surface area contributed by atoms with Crippen molar-refractivity contribution in [3.05, 3.63) is 60.8 Å². The summed E-state index contributed by atoms with van der Waals surface area (Å²) >= 11 is 0. The van der Waals surface area contributed by atoms with Gasteiger partial charge in [-0.15, -0.1) is 0 Å².